The number of nitrogens with two attached hydrogens (primary N) is 1. The van der Waals surface area contributed by atoms with Gasteiger partial charge in [0.15, 0.2) is 0 Å². The maximum Gasteiger partial charge on any atom is 0.275 e. The molecule has 5 rings (SSSR count). The lowest BCUT2D eigenvalue weighted by Gasteiger charge is -2.36. The van der Waals surface area contributed by atoms with Crippen molar-refractivity contribution in [3.05, 3.63) is 51.9 Å². The van der Waals surface area contributed by atoms with Gasteiger partial charge in [-0.25, -0.2) is 4.98 Å². The number of thiophene rings is 1. The Hall–Kier alpha value is -2.22. The number of benzene rings is 1. The quantitative estimate of drug-likeness (QED) is 0.734. The van der Waals surface area contributed by atoms with E-state index >= 15 is 0 Å². The van der Waals surface area contributed by atoms with Crippen molar-refractivity contribution in [1.82, 2.24) is 14.5 Å². The van der Waals surface area contributed by atoms with Gasteiger partial charge in [-0.1, -0.05) is 0 Å². The average Bonchev–Trinajstić information content (AvgIpc) is 3.21. The van der Waals surface area contributed by atoms with Crippen LogP contribution in [0.3, 0.4) is 0 Å². The first-order valence-corrected chi connectivity index (χ1v) is 10.6. The Labute approximate surface area is 167 Å². The van der Waals surface area contributed by atoms with Gasteiger partial charge < -0.3 is 15.4 Å². The van der Waals surface area contributed by atoms with E-state index in [0.29, 0.717) is 28.8 Å². The molecule has 2 aliphatic rings. The summed E-state index contributed by atoms with van der Waals surface area (Å²) in [7, 11) is 2.24. The Morgan fingerprint density at radius 3 is 2.61 bits per heavy atom. The van der Waals surface area contributed by atoms with Crippen LogP contribution in [0.25, 0.3) is 15.9 Å². The second kappa shape index (κ2) is 6.99. The molecule has 0 amide bonds. The summed E-state index contributed by atoms with van der Waals surface area (Å²) < 4.78 is 8.48. The first-order valence-electron chi connectivity index (χ1n) is 9.81. The maximum absolute atomic E-state index is 12.8. The average molecular weight is 397 g/mol. The highest BCUT2D eigenvalue weighted by atomic mass is 32.1. The SMILES string of the molecule is CN1[C@@H]2CC[C@H]1CC(Oc1ccc(-n3cnc4cc(CN)sc4c3=O)cc1)C2. The van der Waals surface area contributed by atoms with E-state index in [1.54, 1.807) is 10.9 Å². The lowest BCUT2D eigenvalue weighted by Crippen LogP contribution is -2.43. The fourth-order valence-corrected chi connectivity index (χ4v) is 5.50. The van der Waals surface area contributed by atoms with Gasteiger partial charge in [0.1, 0.15) is 22.9 Å². The molecule has 2 fully saturated rings. The van der Waals surface area contributed by atoms with Crippen molar-refractivity contribution in [2.45, 2.75) is 50.4 Å². The summed E-state index contributed by atoms with van der Waals surface area (Å²) in [5.74, 6) is 0.862. The molecule has 6 nitrogen and oxygen atoms in total. The Bertz CT molecular complexity index is 1040. The van der Waals surface area contributed by atoms with E-state index in [2.05, 4.69) is 16.9 Å². The molecule has 0 radical (unpaired) electrons. The summed E-state index contributed by atoms with van der Waals surface area (Å²) in [5, 5.41) is 0. The lowest BCUT2D eigenvalue weighted by atomic mass is 10.0. The summed E-state index contributed by atoms with van der Waals surface area (Å²) >= 11 is 1.42. The van der Waals surface area contributed by atoms with Crippen LogP contribution in [0.4, 0.5) is 0 Å². The summed E-state index contributed by atoms with van der Waals surface area (Å²) in [6.45, 7) is 0.422. The number of hydrogen-bond donors (Lipinski definition) is 1. The maximum atomic E-state index is 12.8. The van der Waals surface area contributed by atoms with Crippen LogP contribution in [0.15, 0.2) is 41.5 Å². The molecular weight excluding hydrogens is 372 g/mol. The smallest absolute Gasteiger partial charge is 0.275 e. The van der Waals surface area contributed by atoms with Crippen LogP contribution in [-0.2, 0) is 6.54 Å². The number of rotatable bonds is 4. The van der Waals surface area contributed by atoms with Crippen LogP contribution in [0.1, 0.15) is 30.6 Å². The van der Waals surface area contributed by atoms with E-state index in [9.17, 15) is 4.79 Å². The topological polar surface area (TPSA) is 73.4 Å². The van der Waals surface area contributed by atoms with Gasteiger partial charge in [0.05, 0.1) is 11.2 Å². The molecule has 4 heterocycles. The number of piperidine rings is 1. The van der Waals surface area contributed by atoms with Gasteiger partial charge in [-0.05, 0) is 63.1 Å². The Balaban J connectivity index is 1.36. The zero-order valence-corrected chi connectivity index (χ0v) is 16.7. The van der Waals surface area contributed by atoms with Gasteiger partial charge in [-0.2, -0.15) is 0 Å². The van der Waals surface area contributed by atoms with Gasteiger partial charge in [0, 0.05) is 23.5 Å². The normalized spacial score (nSPS) is 24.7. The predicted molar refractivity (Wildman–Crippen MR) is 111 cm³/mol. The number of nitrogens with zero attached hydrogens (tertiary/aromatic N) is 3. The molecule has 2 aromatic heterocycles. The molecule has 28 heavy (non-hydrogen) atoms. The molecule has 146 valence electrons. The van der Waals surface area contributed by atoms with Gasteiger partial charge in [-0.15, -0.1) is 11.3 Å². The highest BCUT2D eigenvalue weighted by molar-refractivity contribution is 7.18. The first kappa shape index (κ1) is 17.8. The van der Waals surface area contributed by atoms with Crippen molar-refractivity contribution in [3.8, 4) is 11.4 Å². The van der Waals surface area contributed by atoms with Crippen molar-refractivity contribution in [1.29, 1.82) is 0 Å². The third-order valence-electron chi connectivity index (χ3n) is 6.16. The highest BCUT2D eigenvalue weighted by Gasteiger charge is 2.39. The molecule has 0 saturated carbocycles. The minimum absolute atomic E-state index is 0.0599. The van der Waals surface area contributed by atoms with Crippen molar-refractivity contribution >= 4 is 21.6 Å². The van der Waals surface area contributed by atoms with Crippen LogP contribution in [0, 0.1) is 0 Å². The number of aromatic nitrogens is 2. The standard InChI is InChI=1S/C21H24N4O2S/c1-24-14-2-3-15(24)9-17(8-14)27-16-6-4-13(5-7-16)25-12-23-19-10-18(11-22)28-20(19)21(25)26/h4-7,10,12,14-15,17H,2-3,8-9,11,22H2,1H3/t14-,15+,17?. The Kier molecular flexibility index (Phi) is 4.45. The molecule has 7 heteroatoms. The molecular formula is C21H24N4O2S. The Morgan fingerprint density at radius 1 is 1.21 bits per heavy atom. The second-order valence-corrected chi connectivity index (χ2v) is 8.94. The van der Waals surface area contributed by atoms with E-state index in [1.165, 1.54) is 24.2 Å². The summed E-state index contributed by atoms with van der Waals surface area (Å²) in [4.78, 5) is 20.7. The predicted octanol–water partition coefficient (Wildman–Crippen LogP) is 2.91. The molecule has 1 unspecified atom stereocenters. The van der Waals surface area contributed by atoms with Crippen LogP contribution in [-0.4, -0.2) is 39.7 Å². The van der Waals surface area contributed by atoms with Crippen molar-refractivity contribution < 1.29 is 4.74 Å². The van der Waals surface area contributed by atoms with E-state index in [4.69, 9.17) is 10.5 Å². The summed E-state index contributed by atoms with van der Waals surface area (Å²) in [5.41, 5.74) is 7.13. The van der Waals surface area contributed by atoms with E-state index in [1.807, 2.05) is 30.3 Å². The molecule has 2 bridgehead atoms. The lowest BCUT2D eigenvalue weighted by molar-refractivity contribution is 0.0662. The fraction of sp³-hybridized carbons (Fsp3) is 0.429. The van der Waals surface area contributed by atoms with Gasteiger partial charge in [0.25, 0.3) is 5.56 Å². The zero-order valence-electron chi connectivity index (χ0n) is 15.9. The largest absolute Gasteiger partial charge is 0.490 e. The van der Waals surface area contributed by atoms with Crippen molar-refractivity contribution in [3.63, 3.8) is 0 Å². The number of ether oxygens (including phenoxy) is 1. The highest BCUT2D eigenvalue weighted by Crippen LogP contribution is 2.36. The molecule has 1 aromatic carbocycles. The summed E-state index contributed by atoms with van der Waals surface area (Å²) in [6, 6.07) is 10.9. The fourth-order valence-electron chi connectivity index (χ4n) is 4.58. The van der Waals surface area contributed by atoms with E-state index < -0.39 is 0 Å². The van der Waals surface area contributed by atoms with Crippen molar-refractivity contribution in [2.24, 2.45) is 5.73 Å². The van der Waals surface area contributed by atoms with Crippen LogP contribution in [0.5, 0.6) is 5.75 Å². The van der Waals surface area contributed by atoms with Gasteiger partial charge in [-0.3, -0.25) is 9.36 Å². The van der Waals surface area contributed by atoms with E-state index in [0.717, 1.165) is 29.2 Å². The second-order valence-electron chi connectivity index (χ2n) is 7.81. The molecule has 3 aromatic rings. The molecule has 2 aliphatic heterocycles. The molecule has 2 N–H and O–H groups in total. The minimum Gasteiger partial charge on any atom is -0.490 e. The molecule has 0 spiro atoms. The molecule has 0 aliphatic carbocycles. The third kappa shape index (κ3) is 3.03. The van der Waals surface area contributed by atoms with Gasteiger partial charge >= 0.3 is 0 Å². The van der Waals surface area contributed by atoms with Crippen LogP contribution in [0.2, 0.25) is 0 Å². The zero-order chi connectivity index (χ0) is 19.3. The van der Waals surface area contributed by atoms with Gasteiger partial charge in [0.2, 0.25) is 0 Å². The summed E-state index contributed by atoms with van der Waals surface area (Å²) in [6.07, 6.45) is 6.62. The minimum atomic E-state index is -0.0599. The van der Waals surface area contributed by atoms with Crippen LogP contribution < -0.4 is 16.0 Å². The van der Waals surface area contributed by atoms with Crippen LogP contribution >= 0.6 is 11.3 Å². The Morgan fingerprint density at radius 2 is 1.93 bits per heavy atom. The first-order chi connectivity index (χ1) is 13.6. The number of hydrogen-bond acceptors (Lipinski definition) is 6. The van der Waals surface area contributed by atoms with Crippen molar-refractivity contribution in [2.75, 3.05) is 7.05 Å². The van der Waals surface area contributed by atoms with E-state index in [-0.39, 0.29) is 11.7 Å². The number of fused-ring (bicyclic) bond motifs is 3. The molecule has 3 atom stereocenters. The monoisotopic (exact) mass is 396 g/mol. The molecule has 2 saturated heterocycles. The third-order valence-corrected chi connectivity index (χ3v) is 7.30.